The minimum Gasteiger partial charge on any atom is -0.493 e. The molecule has 0 fully saturated rings. The van der Waals surface area contributed by atoms with Crippen LogP contribution < -0.4 is 21.5 Å². The third-order valence-electron chi connectivity index (χ3n) is 4.34. The molecule has 0 bridgehead atoms. The van der Waals surface area contributed by atoms with Crippen molar-refractivity contribution in [2.45, 2.75) is 19.1 Å². The molecule has 0 saturated heterocycles. The smallest absolute Gasteiger partial charge is 0.416 e. The van der Waals surface area contributed by atoms with E-state index in [2.05, 4.69) is 15.3 Å². The predicted molar refractivity (Wildman–Crippen MR) is 106 cm³/mol. The number of hydrogen-bond donors (Lipinski definition) is 3. The summed E-state index contributed by atoms with van der Waals surface area (Å²) in [6.45, 7) is 1.04. The van der Waals surface area contributed by atoms with E-state index in [0.29, 0.717) is 47.6 Å². The number of ether oxygens (including phenoxy) is 1. The molecule has 0 unspecified atom stereocenters. The number of aromatic nitrogens is 2. The number of anilines is 1. The predicted octanol–water partition coefficient (Wildman–Crippen LogP) is 3.09. The van der Waals surface area contributed by atoms with Gasteiger partial charge in [0.05, 0.1) is 23.3 Å². The second-order valence-electron chi connectivity index (χ2n) is 6.49. The molecule has 3 rings (SSSR count). The molecule has 0 spiro atoms. The molecule has 158 valence electrons. The summed E-state index contributed by atoms with van der Waals surface area (Å²) in [6, 6.07) is 7.99. The van der Waals surface area contributed by atoms with Gasteiger partial charge in [0.2, 0.25) is 0 Å². The first-order chi connectivity index (χ1) is 14.3. The van der Waals surface area contributed by atoms with Crippen LogP contribution in [0, 0.1) is 0 Å². The van der Waals surface area contributed by atoms with E-state index in [-0.39, 0.29) is 12.1 Å². The van der Waals surface area contributed by atoms with Crippen molar-refractivity contribution in [3.8, 4) is 5.75 Å². The van der Waals surface area contributed by atoms with Gasteiger partial charge in [-0.05, 0) is 42.8 Å². The third-order valence-corrected chi connectivity index (χ3v) is 4.34. The van der Waals surface area contributed by atoms with Crippen molar-refractivity contribution < 1.29 is 22.7 Å². The number of fused-ring (bicyclic) bond motifs is 1. The van der Waals surface area contributed by atoms with Crippen LogP contribution in [0.1, 0.15) is 27.9 Å². The van der Waals surface area contributed by atoms with Crippen molar-refractivity contribution in [1.82, 2.24) is 9.97 Å². The van der Waals surface area contributed by atoms with Crippen LogP contribution in [0.2, 0.25) is 0 Å². The zero-order valence-electron chi connectivity index (χ0n) is 15.9. The lowest BCUT2D eigenvalue weighted by Gasteiger charge is -2.13. The van der Waals surface area contributed by atoms with Crippen LogP contribution >= 0.6 is 0 Å². The highest BCUT2D eigenvalue weighted by atomic mass is 19.4. The molecule has 0 aliphatic heterocycles. The van der Waals surface area contributed by atoms with Gasteiger partial charge in [-0.2, -0.15) is 13.2 Å². The number of rotatable bonds is 8. The summed E-state index contributed by atoms with van der Waals surface area (Å²) in [5.41, 5.74) is 11.4. The van der Waals surface area contributed by atoms with E-state index in [1.54, 1.807) is 6.07 Å². The molecule has 0 radical (unpaired) electrons. The minimum absolute atomic E-state index is 0.176. The number of carbonyl (C=O) groups excluding carboxylic acids is 1. The molecule has 3 aromatic rings. The Balaban J connectivity index is 1.88. The van der Waals surface area contributed by atoms with Gasteiger partial charge in [0.15, 0.2) is 0 Å². The maximum absolute atomic E-state index is 12.7. The quantitative estimate of drug-likeness (QED) is 0.483. The number of amides is 1. The second kappa shape index (κ2) is 8.95. The molecular weight excluding hydrogens is 399 g/mol. The van der Waals surface area contributed by atoms with E-state index in [4.69, 9.17) is 16.2 Å². The van der Waals surface area contributed by atoms with Gasteiger partial charge in [0, 0.05) is 11.9 Å². The summed E-state index contributed by atoms with van der Waals surface area (Å²) >= 11 is 0. The van der Waals surface area contributed by atoms with E-state index in [9.17, 15) is 18.0 Å². The molecular formula is C20H20F3N5O2. The molecule has 1 amide bonds. The summed E-state index contributed by atoms with van der Waals surface area (Å²) in [5.74, 6) is 0.139. The second-order valence-corrected chi connectivity index (χ2v) is 6.49. The summed E-state index contributed by atoms with van der Waals surface area (Å²) in [6.07, 6.45) is -2.48. The van der Waals surface area contributed by atoms with E-state index in [1.807, 2.05) is 0 Å². The fourth-order valence-electron chi connectivity index (χ4n) is 2.82. The van der Waals surface area contributed by atoms with E-state index in [1.165, 1.54) is 24.5 Å². The van der Waals surface area contributed by atoms with Crippen LogP contribution in [-0.2, 0) is 12.7 Å². The lowest BCUT2D eigenvalue weighted by Crippen LogP contribution is -2.14. The normalized spacial score (nSPS) is 11.5. The van der Waals surface area contributed by atoms with Crippen LogP contribution in [-0.4, -0.2) is 29.0 Å². The Bertz CT molecular complexity index is 1040. The Kier molecular flexibility index (Phi) is 6.36. The molecule has 2 aromatic carbocycles. The number of benzene rings is 2. The highest BCUT2D eigenvalue weighted by molar-refractivity contribution is 6.07. The molecule has 7 nitrogen and oxygen atoms in total. The fraction of sp³-hybridized carbons (Fsp3) is 0.250. The Labute approximate surface area is 170 Å². The first-order valence-corrected chi connectivity index (χ1v) is 9.11. The molecule has 0 atom stereocenters. The van der Waals surface area contributed by atoms with Crippen LogP contribution in [0.3, 0.4) is 0 Å². The maximum Gasteiger partial charge on any atom is 0.416 e. The lowest BCUT2D eigenvalue weighted by molar-refractivity contribution is -0.137. The molecule has 10 heteroatoms. The number of nitrogens with one attached hydrogen (secondary N) is 1. The van der Waals surface area contributed by atoms with Gasteiger partial charge in [-0.15, -0.1) is 0 Å². The molecule has 1 aromatic heterocycles. The summed E-state index contributed by atoms with van der Waals surface area (Å²) in [7, 11) is 0. The van der Waals surface area contributed by atoms with Gasteiger partial charge >= 0.3 is 6.18 Å². The SMILES string of the molecule is NCCCOc1cc(C(N)=O)c2ncnc(NCc3ccc(C(F)(F)F)cc3)c2c1. The first-order valence-electron chi connectivity index (χ1n) is 9.11. The molecule has 5 N–H and O–H groups in total. The van der Waals surface area contributed by atoms with Crippen molar-refractivity contribution in [2.75, 3.05) is 18.5 Å². The summed E-state index contributed by atoms with van der Waals surface area (Å²) in [4.78, 5) is 20.2. The van der Waals surface area contributed by atoms with E-state index >= 15 is 0 Å². The zero-order valence-corrected chi connectivity index (χ0v) is 15.9. The van der Waals surface area contributed by atoms with Crippen molar-refractivity contribution in [3.63, 3.8) is 0 Å². The van der Waals surface area contributed by atoms with Crippen LogP contribution in [0.4, 0.5) is 19.0 Å². The Hall–Kier alpha value is -3.40. The number of nitrogens with two attached hydrogens (primary N) is 2. The molecule has 0 aliphatic rings. The zero-order chi connectivity index (χ0) is 21.7. The van der Waals surface area contributed by atoms with Gasteiger partial charge in [0.1, 0.15) is 17.9 Å². The number of hydrogen-bond acceptors (Lipinski definition) is 6. The minimum atomic E-state index is -4.39. The Morgan fingerprint density at radius 2 is 1.87 bits per heavy atom. The molecule has 0 aliphatic carbocycles. The lowest BCUT2D eigenvalue weighted by atomic mass is 10.1. The maximum atomic E-state index is 12.7. The van der Waals surface area contributed by atoms with Crippen LogP contribution in [0.15, 0.2) is 42.7 Å². The van der Waals surface area contributed by atoms with Gasteiger partial charge in [-0.1, -0.05) is 12.1 Å². The standard InChI is InChI=1S/C20H20F3N5O2/c21-20(22,23)13-4-2-12(3-5-13)10-26-19-16-9-14(30-7-1-6-24)8-15(18(25)29)17(16)27-11-28-19/h2-5,8-9,11H,1,6-7,10,24H2,(H2,25,29)(H,26,27,28). The van der Waals surface area contributed by atoms with Crippen molar-refractivity contribution in [1.29, 1.82) is 0 Å². The molecule has 30 heavy (non-hydrogen) atoms. The van der Waals surface area contributed by atoms with E-state index in [0.717, 1.165) is 12.1 Å². The largest absolute Gasteiger partial charge is 0.493 e. The van der Waals surface area contributed by atoms with Crippen molar-refractivity contribution in [3.05, 3.63) is 59.4 Å². The monoisotopic (exact) mass is 419 g/mol. The van der Waals surface area contributed by atoms with Gasteiger partial charge in [-0.25, -0.2) is 9.97 Å². The third kappa shape index (κ3) is 4.95. The summed E-state index contributed by atoms with van der Waals surface area (Å²) < 4.78 is 43.8. The average Bonchev–Trinajstić information content (AvgIpc) is 2.71. The number of halogens is 3. The number of alkyl halides is 3. The highest BCUT2D eigenvalue weighted by Gasteiger charge is 2.29. The first kappa shape index (κ1) is 21.3. The van der Waals surface area contributed by atoms with Crippen LogP contribution in [0.25, 0.3) is 10.9 Å². The van der Waals surface area contributed by atoms with Gasteiger partial charge in [0.25, 0.3) is 5.91 Å². The number of nitrogens with zero attached hydrogens (tertiary/aromatic N) is 2. The number of primary amides is 1. The number of carbonyl (C=O) groups is 1. The highest BCUT2D eigenvalue weighted by Crippen LogP contribution is 2.30. The average molecular weight is 419 g/mol. The summed E-state index contributed by atoms with van der Waals surface area (Å²) in [5, 5.41) is 3.57. The Morgan fingerprint density at radius 3 is 2.50 bits per heavy atom. The topological polar surface area (TPSA) is 116 Å². The molecule has 1 heterocycles. The fourth-order valence-corrected chi connectivity index (χ4v) is 2.82. The van der Waals surface area contributed by atoms with Crippen molar-refractivity contribution in [2.24, 2.45) is 11.5 Å². The Morgan fingerprint density at radius 1 is 1.13 bits per heavy atom. The van der Waals surface area contributed by atoms with Gasteiger partial charge in [-0.3, -0.25) is 4.79 Å². The van der Waals surface area contributed by atoms with Gasteiger partial charge < -0.3 is 21.5 Å². The van der Waals surface area contributed by atoms with Crippen LogP contribution in [0.5, 0.6) is 5.75 Å². The van der Waals surface area contributed by atoms with Crippen molar-refractivity contribution >= 4 is 22.6 Å². The molecule has 0 saturated carbocycles. The van der Waals surface area contributed by atoms with E-state index < -0.39 is 17.6 Å².